The van der Waals surface area contributed by atoms with Crippen molar-refractivity contribution in [2.45, 2.75) is 32.3 Å². The van der Waals surface area contributed by atoms with Crippen molar-refractivity contribution >= 4 is 0 Å². The Hall–Kier alpha value is -0.870. The molecule has 0 aliphatic heterocycles. The predicted octanol–water partition coefficient (Wildman–Crippen LogP) is 0.970. The van der Waals surface area contributed by atoms with Crippen molar-refractivity contribution in [1.29, 1.82) is 0 Å². The monoisotopic (exact) mass is 211 g/mol. The van der Waals surface area contributed by atoms with Gasteiger partial charge in [0.2, 0.25) is 0 Å². The van der Waals surface area contributed by atoms with Crippen LogP contribution in [0.5, 0.6) is 0 Å². The Labute approximate surface area is 91.3 Å². The zero-order valence-electron chi connectivity index (χ0n) is 10.2. The van der Waals surface area contributed by atoms with Gasteiger partial charge in [0.05, 0.1) is 11.4 Å². The zero-order chi connectivity index (χ0) is 11.6. The third-order valence-electron chi connectivity index (χ3n) is 2.42. The smallest absolute Gasteiger partial charge is 0.108 e. The summed E-state index contributed by atoms with van der Waals surface area (Å²) in [6.45, 7) is 6.89. The molecule has 2 N–H and O–H groups in total. The SMILES string of the molecule is CNCC(O)c1cc(C(C)(C)C)nn1C. The Balaban J connectivity index is 2.96. The van der Waals surface area contributed by atoms with Gasteiger partial charge < -0.3 is 10.4 Å². The highest BCUT2D eigenvalue weighted by Crippen LogP contribution is 2.23. The minimum absolute atomic E-state index is 0.0232. The van der Waals surface area contributed by atoms with Crippen molar-refractivity contribution in [3.05, 3.63) is 17.5 Å². The molecule has 0 aromatic carbocycles. The topological polar surface area (TPSA) is 50.1 Å². The van der Waals surface area contributed by atoms with Crippen LogP contribution in [-0.2, 0) is 12.5 Å². The summed E-state index contributed by atoms with van der Waals surface area (Å²) in [5, 5.41) is 17.2. The molecule has 1 rings (SSSR count). The van der Waals surface area contributed by atoms with Crippen LogP contribution in [0.1, 0.15) is 38.3 Å². The molecule has 15 heavy (non-hydrogen) atoms. The molecule has 0 saturated carbocycles. The molecular weight excluding hydrogens is 190 g/mol. The molecule has 0 aliphatic rings. The lowest BCUT2D eigenvalue weighted by atomic mass is 9.92. The lowest BCUT2D eigenvalue weighted by Gasteiger charge is -2.13. The number of aliphatic hydroxyl groups excluding tert-OH is 1. The maximum absolute atomic E-state index is 9.86. The van der Waals surface area contributed by atoms with Gasteiger partial charge in [-0.1, -0.05) is 20.8 Å². The highest BCUT2D eigenvalue weighted by atomic mass is 16.3. The lowest BCUT2D eigenvalue weighted by Crippen LogP contribution is -2.18. The minimum atomic E-state index is -0.497. The van der Waals surface area contributed by atoms with Crippen molar-refractivity contribution < 1.29 is 5.11 Å². The Bertz CT molecular complexity index is 325. The Morgan fingerprint density at radius 2 is 2.13 bits per heavy atom. The molecule has 1 atom stereocenters. The summed E-state index contributed by atoms with van der Waals surface area (Å²) in [6, 6.07) is 1.97. The van der Waals surface area contributed by atoms with Crippen LogP contribution in [0.2, 0.25) is 0 Å². The molecule has 1 unspecified atom stereocenters. The van der Waals surface area contributed by atoms with Crippen LogP contribution in [0.15, 0.2) is 6.07 Å². The number of nitrogens with zero attached hydrogens (tertiary/aromatic N) is 2. The fourth-order valence-corrected chi connectivity index (χ4v) is 1.46. The quantitative estimate of drug-likeness (QED) is 0.783. The molecule has 86 valence electrons. The van der Waals surface area contributed by atoms with E-state index in [0.29, 0.717) is 6.54 Å². The van der Waals surface area contributed by atoms with E-state index < -0.39 is 6.10 Å². The standard InChI is InChI=1S/C11H21N3O/c1-11(2,3)10-6-8(14(5)13-10)9(15)7-12-4/h6,9,12,15H,7H2,1-5H3. The molecule has 0 spiro atoms. The summed E-state index contributed by atoms with van der Waals surface area (Å²) < 4.78 is 1.75. The first-order chi connectivity index (χ1) is 6.86. The van der Waals surface area contributed by atoms with Crippen LogP contribution < -0.4 is 5.32 Å². The largest absolute Gasteiger partial charge is 0.385 e. The van der Waals surface area contributed by atoms with Gasteiger partial charge in [0.25, 0.3) is 0 Å². The van der Waals surface area contributed by atoms with E-state index in [4.69, 9.17) is 0 Å². The van der Waals surface area contributed by atoms with E-state index in [9.17, 15) is 5.11 Å². The summed E-state index contributed by atoms with van der Waals surface area (Å²) >= 11 is 0. The van der Waals surface area contributed by atoms with Crippen LogP contribution in [0.3, 0.4) is 0 Å². The number of aromatic nitrogens is 2. The van der Waals surface area contributed by atoms with Crippen LogP contribution in [0, 0.1) is 0 Å². The fraction of sp³-hybridized carbons (Fsp3) is 0.727. The lowest BCUT2D eigenvalue weighted by molar-refractivity contribution is 0.168. The normalized spacial score (nSPS) is 14.3. The average molecular weight is 211 g/mol. The Morgan fingerprint density at radius 1 is 1.53 bits per heavy atom. The maximum Gasteiger partial charge on any atom is 0.108 e. The van der Waals surface area contributed by atoms with Gasteiger partial charge in [-0.05, 0) is 13.1 Å². The van der Waals surface area contributed by atoms with Gasteiger partial charge in [-0.25, -0.2) is 0 Å². The molecule has 0 bridgehead atoms. The summed E-state index contributed by atoms with van der Waals surface area (Å²) in [5.74, 6) is 0. The molecule has 0 radical (unpaired) electrons. The fourth-order valence-electron chi connectivity index (χ4n) is 1.46. The molecule has 4 heteroatoms. The molecule has 0 aliphatic carbocycles. The molecule has 4 nitrogen and oxygen atoms in total. The van der Waals surface area contributed by atoms with Gasteiger partial charge in [0.1, 0.15) is 6.10 Å². The molecule has 0 fully saturated rings. The van der Waals surface area contributed by atoms with Crippen LogP contribution in [0.25, 0.3) is 0 Å². The molecule has 0 saturated heterocycles. The number of hydrogen-bond donors (Lipinski definition) is 2. The molecule has 1 aromatic rings. The zero-order valence-corrected chi connectivity index (χ0v) is 10.2. The highest BCUT2D eigenvalue weighted by Gasteiger charge is 2.21. The molecule has 1 aromatic heterocycles. The van der Waals surface area contributed by atoms with Crippen LogP contribution in [-0.4, -0.2) is 28.5 Å². The second-order valence-electron chi connectivity index (χ2n) is 4.90. The number of rotatable bonds is 3. The maximum atomic E-state index is 9.86. The number of nitrogens with one attached hydrogen (secondary N) is 1. The first kappa shape index (κ1) is 12.2. The summed E-state index contributed by atoms with van der Waals surface area (Å²) in [6.07, 6.45) is -0.497. The van der Waals surface area contributed by atoms with Crippen molar-refractivity contribution in [2.75, 3.05) is 13.6 Å². The first-order valence-electron chi connectivity index (χ1n) is 5.23. The van der Waals surface area contributed by atoms with E-state index in [1.807, 2.05) is 20.2 Å². The summed E-state index contributed by atoms with van der Waals surface area (Å²) in [4.78, 5) is 0. The number of aliphatic hydroxyl groups is 1. The average Bonchev–Trinajstić information content (AvgIpc) is 2.47. The minimum Gasteiger partial charge on any atom is -0.385 e. The third-order valence-corrected chi connectivity index (χ3v) is 2.42. The van der Waals surface area contributed by atoms with Gasteiger partial charge in [-0.15, -0.1) is 0 Å². The van der Waals surface area contributed by atoms with E-state index >= 15 is 0 Å². The Kier molecular flexibility index (Phi) is 3.52. The number of hydrogen-bond acceptors (Lipinski definition) is 3. The number of aryl methyl sites for hydroxylation is 1. The van der Waals surface area contributed by atoms with E-state index in [2.05, 4.69) is 31.2 Å². The molecule has 1 heterocycles. The molecule has 0 amide bonds. The Morgan fingerprint density at radius 3 is 2.53 bits per heavy atom. The van der Waals surface area contributed by atoms with Crippen molar-refractivity contribution in [3.63, 3.8) is 0 Å². The van der Waals surface area contributed by atoms with Gasteiger partial charge in [-0.3, -0.25) is 4.68 Å². The second-order valence-corrected chi connectivity index (χ2v) is 4.90. The molecular formula is C11H21N3O. The predicted molar refractivity (Wildman–Crippen MR) is 60.8 cm³/mol. The van der Waals surface area contributed by atoms with E-state index in [0.717, 1.165) is 11.4 Å². The van der Waals surface area contributed by atoms with Crippen LogP contribution >= 0.6 is 0 Å². The summed E-state index contributed by atoms with van der Waals surface area (Å²) in [7, 11) is 3.69. The van der Waals surface area contributed by atoms with Gasteiger partial charge >= 0.3 is 0 Å². The van der Waals surface area contributed by atoms with Crippen molar-refractivity contribution in [3.8, 4) is 0 Å². The van der Waals surface area contributed by atoms with Gasteiger partial charge in [0, 0.05) is 19.0 Å². The van der Waals surface area contributed by atoms with Gasteiger partial charge in [0.15, 0.2) is 0 Å². The van der Waals surface area contributed by atoms with Crippen molar-refractivity contribution in [1.82, 2.24) is 15.1 Å². The van der Waals surface area contributed by atoms with E-state index in [1.165, 1.54) is 0 Å². The van der Waals surface area contributed by atoms with E-state index in [-0.39, 0.29) is 5.41 Å². The van der Waals surface area contributed by atoms with Crippen LogP contribution in [0.4, 0.5) is 0 Å². The summed E-state index contributed by atoms with van der Waals surface area (Å²) in [5.41, 5.74) is 1.89. The number of likely N-dealkylation sites (N-methyl/N-ethyl adjacent to an activating group) is 1. The van der Waals surface area contributed by atoms with E-state index in [1.54, 1.807) is 4.68 Å². The van der Waals surface area contributed by atoms with Crippen molar-refractivity contribution in [2.24, 2.45) is 7.05 Å². The first-order valence-corrected chi connectivity index (χ1v) is 5.23. The second kappa shape index (κ2) is 4.33. The van der Waals surface area contributed by atoms with Gasteiger partial charge in [-0.2, -0.15) is 5.10 Å². The highest BCUT2D eigenvalue weighted by molar-refractivity contribution is 5.19. The third kappa shape index (κ3) is 2.79.